The summed E-state index contributed by atoms with van der Waals surface area (Å²) in [7, 11) is 0. The van der Waals surface area contributed by atoms with Gasteiger partial charge in [0.1, 0.15) is 5.75 Å². The number of nitrogens with one attached hydrogen (secondary N) is 1. The van der Waals surface area contributed by atoms with Crippen LogP contribution >= 0.6 is 0 Å². The molecule has 0 aliphatic rings. The molecule has 2 N–H and O–H groups in total. The molecule has 5 nitrogen and oxygen atoms in total. The molecule has 0 aliphatic carbocycles. The molecule has 0 amide bonds. The Morgan fingerprint density at radius 1 is 1.32 bits per heavy atom. The number of hydrogen-bond acceptors (Lipinski definition) is 3. The van der Waals surface area contributed by atoms with Crippen LogP contribution in [0.25, 0.3) is 11.0 Å². The van der Waals surface area contributed by atoms with Crippen LogP contribution < -0.4 is 9.67 Å². The van der Waals surface area contributed by atoms with Crippen molar-refractivity contribution in [2.45, 2.75) is 19.9 Å². The number of ketones is 1. The van der Waals surface area contributed by atoms with E-state index in [1.165, 1.54) is 6.07 Å². The lowest BCUT2D eigenvalue weighted by molar-refractivity contribution is -0.656. The Hall–Kier alpha value is -2.82. The Morgan fingerprint density at radius 3 is 2.86 bits per heavy atom. The van der Waals surface area contributed by atoms with Crippen LogP contribution in [0.3, 0.4) is 0 Å². The monoisotopic (exact) mass is 296 g/mol. The lowest BCUT2D eigenvalue weighted by atomic mass is 10.0. The van der Waals surface area contributed by atoms with Crippen molar-refractivity contribution in [3.63, 3.8) is 0 Å². The van der Waals surface area contributed by atoms with Gasteiger partial charge in [-0.3, -0.25) is 4.79 Å². The van der Waals surface area contributed by atoms with E-state index in [0.717, 1.165) is 17.1 Å². The molecule has 0 spiro atoms. The number of aromatic amines is 1. The van der Waals surface area contributed by atoms with E-state index in [0.29, 0.717) is 12.0 Å². The largest absolute Gasteiger partial charge is 0.872 e. The lowest BCUT2D eigenvalue weighted by Crippen LogP contribution is -2.36. The molecule has 0 fully saturated rings. The van der Waals surface area contributed by atoms with Crippen LogP contribution in [0.2, 0.25) is 0 Å². The van der Waals surface area contributed by atoms with Crippen LogP contribution in [0.4, 0.5) is 0 Å². The van der Waals surface area contributed by atoms with Gasteiger partial charge in [0, 0.05) is 0 Å². The van der Waals surface area contributed by atoms with Gasteiger partial charge in [-0.05, 0) is 30.7 Å². The summed E-state index contributed by atoms with van der Waals surface area (Å²) in [5.74, 6) is -0.731. The molecule has 112 valence electrons. The predicted molar refractivity (Wildman–Crippen MR) is 79.8 cm³/mol. The van der Waals surface area contributed by atoms with Crippen molar-refractivity contribution in [3.05, 3.63) is 53.9 Å². The molecule has 2 aromatic carbocycles. The lowest BCUT2D eigenvalue weighted by Gasteiger charge is -2.14. The van der Waals surface area contributed by atoms with Gasteiger partial charge < -0.3 is 10.2 Å². The fourth-order valence-corrected chi connectivity index (χ4v) is 2.55. The predicted octanol–water partition coefficient (Wildman–Crippen LogP) is 1.68. The number of benzene rings is 2. The molecule has 1 aromatic heterocycles. The van der Waals surface area contributed by atoms with Crippen molar-refractivity contribution < 1.29 is 19.6 Å². The van der Waals surface area contributed by atoms with E-state index in [9.17, 15) is 15.0 Å². The molecule has 0 aliphatic heterocycles. The van der Waals surface area contributed by atoms with Crippen molar-refractivity contribution in [1.29, 1.82) is 0 Å². The van der Waals surface area contributed by atoms with Gasteiger partial charge in [-0.1, -0.05) is 24.6 Å². The van der Waals surface area contributed by atoms with Gasteiger partial charge in [0.05, 0.1) is 5.56 Å². The summed E-state index contributed by atoms with van der Waals surface area (Å²) in [6.45, 7) is 1.94. The molecule has 0 unspecified atom stereocenters. The number of imidazole rings is 1. The Bertz CT molecular complexity index is 852. The van der Waals surface area contributed by atoms with Crippen LogP contribution in [-0.2, 0) is 13.0 Å². The number of aromatic nitrogens is 2. The number of hydrogen-bond donors (Lipinski definition) is 2. The number of carbonyl (C=O) groups is 1. The Kier molecular flexibility index (Phi) is 3.55. The van der Waals surface area contributed by atoms with Gasteiger partial charge in [0.25, 0.3) is 0 Å². The molecule has 22 heavy (non-hydrogen) atoms. The summed E-state index contributed by atoms with van der Waals surface area (Å²) in [4.78, 5) is 15.5. The van der Waals surface area contributed by atoms with E-state index in [2.05, 4.69) is 4.98 Å². The van der Waals surface area contributed by atoms with Gasteiger partial charge in [0.2, 0.25) is 12.1 Å². The minimum atomic E-state index is -0.257. The first-order valence-electron chi connectivity index (χ1n) is 7.11. The third-order valence-electron chi connectivity index (χ3n) is 3.76. The molecule has 0 radical (unpaired) electrons. The number of H-pyrrole nitrogens is 1. The zero-order valence-corrected chi connectivity index (χ0v) is 12.2. The third kappa shape index (κ3) is 2.41. The number of aryl methyl sites for hydroxylation is 1. The highest BCUT2D eigenvalue weighted by atomic mass is 16.3. The average Bonchev–Trinajstić information content (AvgIpc) is 2.90. The van der Waals surface area contributed by atoms with E-state index >= 15 is 0 Å². The van der Waals surface area contributed by atoms with Crippen LogP contribution in [0, 0.1) is 0 Å². The molecular formula is C17H16N2O3. The maximum Gasteiger partial charge on any atom is 0.242 e. The summed E-state index contributed by atoms with van der Waals surface area (Å²) in [6, 6.07) is 10.3. The maximum atomic E-state index is 12.5. The molecule has 0 saturated carbocycles. The second kappa shape index (κ2) is 5.52. The Labute approximate surface area is 127 Å². The fraction of sp³-hybridized carbons (Fsp3) is 0.176. The van der Waals surface area contributed by atoms with Gasteiger partial charge in [-0.15, -0.1) is 5.75 Å². The van der Waals surface area contributed by atoms with Gasteiger partial charge in [0.15, 0.2) is 17.6 Å². The van der Waals surface area contributed by atoms with E-state index in [-0.39, 0.29) is 29.4 Å². The zero-order valence-electron chi connectivity index (χ0n) is 12.2. The highest BCUT2D eigenvalue weighted by Crippen LogP contribution is 2.26. The molecule has 0 bridgehead atoms. The van der Waals surface area contributed by atoms with Crippen LogP contribution in [-0.4, -0.2) is 15.9 Å². The number of aromatic hydroxyl groups is 1. The second-order valence-electron chi connectivity index (χ2n) is 5.17. The first-order valence-corrected chi connectivity index (χ1v) is 7.11. The van der Waals surface area contributed by atoms with E-state index in [1.54, 1.807) is 10.9 Å². The number of rotatable bonds is 4. The van der Waals surface area contributed by atoms with Crippen LogP contribution in [0.5, 0.6) is 11.5 Å². The molecule has 3 aromatic rings. The topological polar surface area (TPSA) is 80.0 Å². The van der Waals surface area contributed by atoms with Crippen molar-refractivity contribution in [1.82, 2.24) is 4.98 Å². The zero-order chi connectivity index (χ0) is 15.7. The summed E-state index contributed by atoms with van der Waals surface area (Å²) in [5, 5.41) is 21.5. The first kappa shape index (κ1) is 14.1. The summed E-state index contributed by atoms with van der Waals surface area (Å²) < 4.78 is 1.79. The second-order valence-corrected chi connectivity index (χ2v) is 5.17. The third-order valence-corrected chi connectivity index (χ3v) is 3.76. The van der Waals surface area contributed by atoms with Gasteiger partial charge in [-0.2, -0.15) is 0 Å². The number of phenols is 1. The Morgan fingerprint density at radius 2 is 2.09 bits per heavy atom. The average molecular weight is 296 g/mol. The van der Waals surface area contributed by atoms with Crippen molar-refractivity contribution in [2.75, 3.05) is 0 Å². The summed E-state index contributed by atoms with van der Waals surface area (Å²) >= 11 is 0. The summed E-state index contributed by atoms with van der Waals surface area (Å²) in [5.41, 5.74) is 2.56. The van der Waals surface area contributed by atoms with Gasteiger partial charge >= 0.3 is 0 Å². The smallest absolute Gasteiger partial charge is 0.242 e. The number of phenolic OH excluding ortho intramolecular Hbond substituents is 1. The normalized spacial score (nSPS) is 11.0. The minimum absolute atomic E-state index is 0.0962. The van der Waals surface area contributed by atoms with Gasteiger partial charge in [-0.25, -0.2) is 9.55 Å². The van der Waals surface area contributed by atoms with Crippen molar-refractivity contribution >= 4 is 16.8 Å². The number of para-hydroxylation sites is 2. The minimum Gasteiger partial charge on any atom is -0.872 e. The number of nitrogens with zero attached hydrogens (tertiary/aromatic N) is 1. The number of Topliss-reactive ketones (excluding diaryl/α,β-unsaturated/α-hetero) is 1. The molecule has 0 atom stereocenters. The fourth-order valence-electron chi connectivity index (χ4n) is 2.55. The van der Waals surface area contributed by atoms with Crippen LogP contribution in [0.1, 0.15) is 22.8 Å². The number of fused-ring (bicyclic) bond motifs is 1. The highest BCUT2D eigenvalue weighted by Gasteiger charge is 2.17. The van der Waals surface area contributed by atoms with Crippen LogP contribution in [0.15, 0.2) is 42.7 Å². The standard InChI is InChI=1S/C17H16N2O3/c1-2-11-7-12(16(21)8-15(11)20)17(22)9-19-10-18-13-5-3-4-6-14(13)19/h3-8,10H,2,9H2,1H3,(H2,20,21,22). The highest BCUT2D eigenvalue weighted by molar-refractivity contribution is 5.98. The molecule has 0 saturated heterocycles. The SMILES string of the molecule is CCc1cc(C(=O)C[n+]2c[nH]c3ccccc32)c(O)cc1[O-]. The van der Waals surface area contributed by atoms with E-state index in [1.807, 2.05) is 31.2 Å². The maximum absolute atomic E-state index is 12.5. The molecule has 3 rings (SSSR count). The van der Waals surface area contributed by atoms with Crippen molar-refractivity contribution in [2.24, 2.45) is 0 Å². The van der Waals surface area contributed by atoms with E-state index in [4.69, 9.17) is 0 Å². The molecule has 5 heteroatoms. The first-order chi connectivity index (χ1) is 10.6. The quantitative estimate of drug-likeness (QED) is 0.568. The number of carbonyl (C=O) groups excluding carboxylic acids is 1. The molecule has 1 heterocycles. The van der Waals surface area contributed by atoms with Crippen molar-refractivity contribution in [3.8, 4) is 11.5 Å². The summed E-state index contributed by atoms with van der Waals surface area (Å²) in [6.07, 6.45) is 2.25. The molecular weight excluding hydrogens is 280 g/mol. The Balaban J connectivity index is 1.95. The van der Waals surface area contributed by atoms with E-state index < -0.39 is 0 Å².